The molecule has 0 fully saturated rings. The Labute approximate surface area is 179 Å². The van der Waals surface area contributed by atoms with Crippen molar-refractivity contribution in [3.63, 3.8) is 0 Å². The number of para-hydroxylation sites is 1. The molecule has 0 saturated carbocycles. The van der Waals surface area contributed by atoms with Gasteiger partial charge >= 0.3 is 0 Å². The van der Waals surface area contributed by atoms with Crippen LogP contribution in [0, 0.1) is 0 Å². The van der Waals surface area contributed by atoms with Crippen molar-refractivity contribution in [3.05, 3.63) is 29.8 Å². The summed E-state index contributed by atoms with van der Waals surface area (Å²) < 4.78 is 33.5. The molecule has 0 aromatic heterocycles. The molecule has 0 amide bonds. The van der Waals surface area contributed by atoms with Crippen LogP contribution in [0.25, 0.3) is 0 Å². The molecule has 0 bridgehead atoms. The number of benzene rings is 1. The second-order valence-corrected chi connectivity index (χ2v) is 9.30. The van der Waals surface area contributed by atoms with Crippen LogP contribution in [-0.4, -0.2) is 58.8 Å². The van der Waals surface area contributed by atoms with Crippen molar-refractivity contribution >= 4 is 39.8 Å². The normalized spacial score (nSPS) is 18.7. The van der Waals surface area contributed by atoms with Gasteiger partial charge in [-0.05, 0) is 19.9 Å². The van der Waals surface area contributed by atoms with Gasteiger partial charge in [-0.25, -0.2) is 8.42 Å². The molecule has 0 aliphatic carbocycles. The van der Waals surface area contributed by atoms with Crippen LogP contribution < -0.4 is 15.4 Å². The second kappa shape index (κ2) is 10.5. The van der Waals surface area contributed by atoms with Gasteiger partial charge in [0.05, 0.1) is 25.0 Å². The molecule has 1 aliphatic rings. The van der Waals surface area contributed by atoms with E-state index < -0.39 is 9.84 Å². The molecule has 0 spiro atoms. The van der Waals surface area contributed by atoms with Gasteiger partial charge < -0.3 is 20.1 Å². The molecule has 2 rings (SSSR count). The highest BCUT2D eigenvalue weighted by Gasteiger charge is 2.33. The number of nitrogens with one attached hydrogen (secondary N) is 2. The summed E-state index contributed by atoms with van der Waals surface area (Å²) >= 11 is 0. The van der Waals surface area contributed by atoms with Crippen molar-refractivity contribution in [1.82, 2.24) is 10.6 Å². The number of nitrogens with zero attached hydrogens (tertiary/aromatic N) is 1. The van der Waals surface area contributed by atoms with Gasteiger partial charge in [0.1, 0.15) is 21.2 Å². The van der Waals surface area contributed by atoms with Crippen molar-refractivity contribution in [2.75, 3.05) is 38.8 Å². The van der Waals surface area contributed by atoms with Crippen LogP contribution in [0.15, 0.2) is 29.3 Å². The van der Waals surface area contributed by atoms with E-state index in [9.17, 15) is 8.42 Å². The summed E-state index contributed by atoms with van der Waals surface area (Å²) in [6.45, 7) is 5.30. The highest BCUT2D eigenvalue weighted by atomic mass is 127. The minimum Gasteiger partial charge on any atom is -0.487 e. The third-order valence-electron chi connectivity index (χ3n) is 4.05. The number of rotatable bonds is 7. The molecule has 2 N–H and O–H groups in total. The van der Waals surface area contributed by atoms with Gasteiger partial charge in [-0.1, -0.05) is 18.2 Å². The standard InChI is InChI=1S/C18H29N3O4S.HI/c1-18(2)13-15(14-7-5-6-8-16(14)25-18)21-17(19-3)20-9-10-24-11-12-26(4,22)23;/h5-8,15H,9-13H2,1-4H3,(H2,19,20,21);1H. The van der Waals surface area contributed by atoms with Crippen LogP contribution in [-0.2, 0) is 14.6 Å². The lowest BCUT2D eigenvalue weighted by Gasteiger charge is -2.38. The molecule has 1 atom stereocenters. The lowest BCUT2D eigenvalue weighted by Crippen LogP contribution is -2.46. The van der Waals surface area contributed by atoms with Crippen molar-refractivity contribution in [2.24, 2.45) is 4.99 Å². The molecule has 1 heterocycles. The minimum atomic E-state index is -2.98. The fourth-order valence-corrected chi connectivity index (χ4v) is 3.27. The monoisotopic (exact) mass is 511 g/mol. The molecule has 154 valence electrons. The first kappa shape index (κ1) is 24.0. The summed E-state index contributed by atoms with van der Waals surface area (Å²) in [5, 5.41) is 6.64. The maximum absolute atomic E-state index is 11.1. The maximum atomic E-state index is 11.1. The highest BCUT2D eigenvalue weighted by Crippen LogP contribution is 2.39. The van der Waals surface area contributed by atoms with E-state index in [0.29, 0.717) is 19.1 Å². The van der Waals surface area contributed by atoms with Gasteiger partial charge in [0.25, 0.3) is 0 Å². The van der Waals surface area contributed by atoms with Gasteiger partial charge in [0, 0.05) is 31.8 Å². The molecule has 27 heavy (non-hydrogen) atoms. The average molecular weight is 511 g/mol. The molecule has 1 aliphatic heterocycles. The molecule has 1 aromatic carbocycles. The lowest BCUT2D eigenvalue weighted by molar-refractivity contribution is 0.0693. The van der Waals surface area contributed by atoms with Crippen molar-refractivity contribution in [3.8, 4) is 5.75 Å². The van der Waals surface area contributed by atoms with Gasteiger partial charge in [0.15, 0.2) is 5.96 Å². The summed E-state index contributed by atoms with van der Waals surface area (Å²) in [7, 11) is -1.27. The van der Waals surface area contributed by atoms with Crippen LogP contribution >= 0.6 is 24.0 Å². The van der Waals surface area contributed by atoms with E-state index in [2.05, 4.69) is 35.5 Å². The maximum Gasteiger partial charge on any atom is 0.191 e. The molecule has 1 aromatic rings. The van der Waals surface area contributed by atoms with Crippen LogP contribution in [0.3, 0.4) is 0 Å². The van der Waals surface area contributed by atoms with Crippen LogP contribution in [0.4, 0.5) is 0 Å². The SMILES string of the molecule is CN=C(NCCOCCS(C)(=O)=O)NC1CC(C)(C)Oc2ccccc21.I. The zero-order valence-corrected chi connectivity index (χ0v) is 19.5. The van der Waals surface area contributed by atoms with Gasteiger partial charge in [-0.3, -0.25) is 4.99 Å². The topological polar surface area (TPSA) is 89.0 Å². The van der Waals surface area contributed by atoms with Gasteiger partial charge in [0.2, 0.25) is 0 Å². The Kier molecular flexibility index (Phi) is 9.29. The zero-order chi connectivity index (χ0) is 19.2. The Bertz CT molecular complexity index is 738. The molecule has 1 unspecified atom stereocenters. The number of ether oxygens (including phenoxy) is 2. The first-order chi connectivity index (χ1) is 12.2. The van der Waals surface area contributed by atoms with E-state index in [1.165, 1.54) is 6.26 Å². The summed E-state index contributed by atoms with van der Waals surface area (Å²) in [6, 6.07) is 8.10. The molecule has 0 radical (unpaired) electrons. The predicted molar refractivity (Wildman–Crippen MR) is 119 cm³/mol. The minimum absolute atomic E-state index is 0. The predicted octanol–water partition coefficient (Wildman–Crippen LogP) is 2.13. The largest absolute Gasteiger partial charge is 0.487 e. The van der Waals surface area contributed by atoms with E-state index in [1.807, 2.05) is 18.2 Å². The first-order valence-electron chi connectivity index (χ1n) is 8.71. The summed E-state index contributed by atoms with van der Waals surface area (Å²) in [5.74, 6) is 1.60. The van der Waals surface area contributed by atoms with Crippen LogP contribution in [0.1, 0.15) is 31.9 Å². The summed E-state index contributed by atoms with van der Waals surface area (Å²) in [5.41, 5.74) is 0.846. The smallest absolute Gasteiger partial charge is 0.191 e. The molecule has 9 heteroatoms. The number of hydrogen-bond acceptors (Lipinski definition) is 5. The third kappa shape index (κ3) is 8.22. The number of sulfone groups is 1. The third-order valence-corrected chi connectivity index (χ3v) is 4.96. The van der Waals surface area contributed by atoms with E-state index in [1.54, 1.807) is 7.05 Å². The Balaban J connectivity index is 0.00000364. The average Bonchev–Trinajstić information content (AvgIpc) is 2.54. The number of fused-ring (bicyclic) bond motifs is 1. The van der Waals surface area contributed by atoms with Crippen molar-refractivity contribution < 1.29 is 17.9 Å². The van der Waals surface area contributed by atoms with E-state index in [-0.39, 0.29) is 48.0 Å². The Morgan fingerprint density at radius 2 is 2.04 bits per heavy atom. The zero-order valence-electron chi connectivity index (χ0n) is 16.3. The fraction of sp³-hybridized carbons (Fsp3) is 0.611. The van der Waals surface area contributed by atoms with E-state index in [0.717, 1.165) is 17.7 Å². The Morgan fingerprint density at radius 1 is 1.33 bits per heavy atom. The lowest BCUT2D eigenvalue weighted by atomic mass is 9.90. The number of hydrogen-bond donors (Lipinski definition) is 2. The van der Waals surface area contributed by atoms with Gasteiger partial charge in [-0.15, -0.1) is 24.0 Å². The molecular weight excluding hydrogens is 481 g/mol. The molecule has 7 nitrogen and oxygen atoms in total. The Morgan fingerprint density at radius 3 is 2.70 bits per heavy atom. The Hall–Kier alpha value is -1.07. The number of aliphatic imine (C=N–C) groups is 1. The highest BCUT2D eigenvalue weighted by molar-refractivity contribution is 14.0. The van der Waals surface area contributed by atoms with E-state index >= 15 is 0 Å². The van der Waals surface area contributed by atoms with Gasteiger partial charge in [-0.2, -0.15) is 0 Å². The number of guanidine groups is 1. The fourth-order valence-electron chi connectivity index (χ4n) is 2.84. The van der Waals surface area contributed by atoms with Crippen LogP contribution in [0.2, 0.25) is 0 Å². The van der Waals surface area contributed by atoms with Crippen LogP contribution in [0.5, 0.6) is 5.75 Å². The molecule has 0 saturated heterocycles. The summed E-state index contributed by atoms with van der Waals surface area (Å²) in [4.78, 5) is 4.26. The first-order valence-corrected chi connectivity index (χ1v) is 10.8. The number of halogens is 1. The second-order valence-electron chi connectivity index (χ2n) is 7.04. The molecular formula is C18H30IN3O4S. The van der Waals surface area contributed by atoms with Crippen molar-refractivity contribution in [1.29, 1.82) is 0 Å². The van der Waals surface area contributed by atoms with Crippen molar-refractivity contribution in [2.45, 2.75) is 31.9 Å². The van der Waals surface area contributed by atoms with E-state index in [4.69, 9.17) is 9.47 Å². The summed E-state index contributed by atoms with van der Waals surface area (Å²) in [6.07, 6.45) is 2.02. The quantitative estimate of drug-likeness (QED) is 0.253.